The molecule has 1 aromatic heterocycles. The first-order valence-corrected chi connectivity index (χ1v) is 6.96. The lowest BCUT2D eigenvalue weighted by molar-refractivity contribution is -0.141. The SMILES string of the molecule is CCC(O)c1cn(C2CCOC3(CCC3)C2)nn1. The van der Waals surface area contributed by atoms with Crippen LogP contribution in [0.4, 0.5) is 0 Å². The number of aliphatic hydroxyl groups is 1. The number of nitrogens with zero attached hydrogens (tertiary/aromatic N) is 3. The largest absolute Gasteiger partial charge is 0.387 e. The molecule has 5 nitrogen and oxygen atoms in total. The van der Waals surface area contributed by atoms with Crippen LogP contribution in [0.5, 0.6) is 0 Å². The van der Waals surface area contributed by atoms with Crippen molar-refractivity contribution in [3.8, 4) is 0 Å². The van der Waals surface area contributed by atoms with Crippen molar-refractivity contribution in [2.24, 2.45) is 0 Å². The molecule has 2 atom stereocenters. The van der Waals surface area contributed by atoms with Crippen molar-refractivity contribution in [3.63, 3.8) is 0 Å². The number of hydrogen-bond donors (Lipinski definition) is 1. The standard InChI is InChI=1S/C13H21N3O2/c1-2-12(17)11-9-16(15-14-11)10-4-7-18-13(8-10)5-3-6-13/h9-10,12,17H,2-8H2,1H3. The Bertz CT molecular complexity index is 414. The lowest BCUT2D eigenvalue weighted by atomic mass is 9.74. The zero-order valence-corrected chi connectivity index (χ0v) is 10.9. The molecule has 0 bridgehead atoms. The summed E-state index contributed by atoms with van der Waals surface area (Å²) < 4.78 is 7.85. The summed E-state index contributed by atoms with van der Waals surface area (Å²) in [5.74, 6) is 0. The van der Waals surface area contributed by atoms with Gasteiger partial charge >= 0.3 is 0 Å². The topological polar surface area (TPSA) is 60.2 Å². The summed E-state index contributed by atoms with van der Waals surface area (Å²) in [5, 5.41) is 18.0. The number of rotatable bonds is 3. The van der Waals surface area contributed by atoms with Gasteiger partial charge in [-0.1, -0.05) is 12.1 Å². The Labute approximate surface area is 107 Å². The fraction of sp³-hybridized carbons (Fsp3) is 0.846. The molecule has 18 heavy (non-hydrogen) atoms. The number of hydrogen-bond acceptors (Lipinski definition) is 4. The Morgan fingerprint density at radius 1 is 1.61 bits per heavy atom. The molecule has 0 radical (unpaired) electrons. The third kappa shape index (κ3) is 2.06. The second kappa shape index (κ2) is 4.63. The normalized spacial score (nSPS) is 28.0. The van der Waals surface area contributed by atoms with Crippen molar-refractivity contribution < 1.29 is 9.84 Å². The Morgan fingerprint density at radius 2 is 2.44 bits per heavy atom. The van der Waals surface area contributed by atoms with Crippen LogP contribution in [0.2, 0.25) is 0 Å². The number of aromatic nitrogens is 3. The monoisotopic (exact) mass is 251 g/mol. The molecular formula is C13H21N3O2. The molecule has 1 saturated heterocycles. The molecule has 100 valence electrons. The van der Waals surface area contributed by atoms with E-state index in [1.54, 1.807) is 0 Å². The van der Waals surface area contributed by atoms with E-state index in [0.29, 0.717) is 18.2 Å². The first kappa shape index (κ1) is 12.1. The molecule has 1 saturated carbocycles. The highest BCUT2D eigenvalue weighted by molar-refractivity contribution is 5.00. The lowest BCUT2D eigenvalue weighted by Gasteiger charge is -2.47. The van der Waals surface area contributed by atoms with Gasteiger partial charge in [-0.25, -0.2) is 4.68 Å². The molecule has 1 N–H and O–H groups in total. The fourth-order valence-corrected chi connectivity index (χ4v) is 2.98. The van der Waals surface area contributed by atoms with Crippen LogP contribution >= 0.6 is 0 Å². The smallest absolute Gasteiger partial charge is 0.111 e. The van der Waals surface area contributed by atoms with Crippen LogP contribution in [0.15, 0.2) is 6.20 Å². The van der Waals surface area contributed by atoms with E-state index in [1.165, 1.54) is 19.3 Å². The summed E-state index contributed by atoms with van der Waals surface area (Å²) in [5.41, 5.74) is 0.810. The Morgan fingerprint density at radius 3 is 3.11 bits per heavy atom. The predicted molar refractivity (Wildman–Crippen MR) is 66.1 cm³/mol. The molecule has 1 aromatic rings. The predicted octanol–water partition coefficient (Wildman–Crippen LogP) is 2.00. The summed E-state index contributed by atoms with van der Waals surface area (Å²) >= 11 is 0. The molecule has 0 aromatic carbocycles. The van der Waals surface area contributed by atoms with E-state index in [-0.39, 0.29) is 5.60 Å². The van der Waals surface area contributed by atoms with Crippen molar-refractivity contribution in [1.29, 1.82) is 0 Å². The van der Waals surface area contributed by atoms with E-state index < -0.39 is 6.10 Å². The molecule has 2 unspecified atom stereocenters. The van der Waals surface area contributed by atoms with Crippen molar-refractivity contribution in [3.05, 3.63) is 11.9 Å². The molecule has 3 rings (SSSR count). The maximum Gasteiger partial charge on any atom is 0.111 e. The molecule has 2 heterocycles. The van der Waals surface area contributed by atoms with E-state index in [9.17, 15) is 5.11 Å². The van der Waals surface area contributed by atoms with Gasteiger partial charge in [0.2, 0.25) is 0 Å². The van der Waals surface area contributed by atoms with Gasteiger partial charge in [0, 0.05) is 6.61 Å². The third-order valence-corrected chi connectivity index (χ3v) is 4.36. The quantitative estimate of drug-likeness (QED) is 0.892. The zero-order valence-electron chi connectivity index (χ0n) is 10.9. The Hall–Kier alpha value is -0.940. The van der Waals surface area contributed by atoms with Gasteiger partial charge in [-0.2, -0.15) is 0 Å². The van der Waals surface area contributed by atoms with Crippen molar-refractivity contribution >= 4 is 0 Å². The lowest BCUT2D eigenvalue weighted by Crippen LogP contribution is -2.46. The maximum atomic E-state index is 9.76. The maximum absolute atomic E-state index is 9.76. The number of aliphatic hydroxyl groups excluding tert-OH is 1. The van der Waals surface area contributed by atoms with Crippen LogP contribution in [0.1, 0.15) is 63.3 Å². The average molecular weight is 251 g/mol. The van der Waals surface area contributed by atoms with E-state index >= 15 is 0 Å². The molecule has 0 amide bonds. The molecule has 2 aliphatic rings. The Kier molecular flexibility index (Phi) is 3.11. The number of ether oxygens (including phenoxy) is 1. The van der Waals surface area contributed by atoms with Gasteiger partial charge in [-0.05, 0) is 38.5 Å². The summed E-state index contributed by atoms with van der Waals surface area (Å²) in [6.07, 6.45) is 7.77. The second-order valence-corrected chi connectivity index (χ2v) is 5.58. The molecule has 2 fully saturated rings. The van der Waals surface area contributed by atoms with Crippen molar-refractivity contribution in [2.75, 3.05) is 6.61 Å². The van der Waals surface area contributed by atoms with Crippen LogP contribution < -0.4 is 0 Å². The fourth-order valence-electron chi connectivity index (χ4n) is 2.98. The van der Waals surface area contributed by atoms with E-state index in [2.05, 4.69) is 10.3 Å². The van der Waals surface area contributed by atoms with Gasteiger partial charge in [-0.15, -0.1) is 5.10 Å². The zero-order chi connectivity index (χ0) is 12.6. The summed E-state index contributed by atoms with van der Waals surface area (Å²) in [6.45, 7) is 2.76. The van der Waals surface area contributed by atoms with E-state index in [4.69, 9.17) is 4.74 Å². The molecule has 1 aliphatic heterocycles. The molecular weight excluding hydrogens is 230 g/mol. The summed E-state index contributed by atoms with van der Waals surface area (Å²) in [4.78, 5) is 0. The highest BCUT2D eigenvalue weighted by atomic mass is 16.5. The van der Waals surface area contributed by atoms with Gasteiger partial charge in [0.05, 0.1) is 23.9 Å². The van der Waals surface area contributed by atoms with Gasteiger partial charge in [0.15, 0.2) is 0 Å². The average Bonchev–Trinajstić information content (AvgIpc) is 2.86. The minimum absolute atomic E-state index is 0.123. The Balaban J connectivity index is 1.72. The van der Waals surface area contributed by atoms with Gasteiger partial charge in [0.25, 0.3) is 0 Å². The van der Waals surface area contributed by atoms with Gasteiger partial charge < -0.3 is 9.84 Å². The first-order valence-electron chi connectivity index (χ1n) is 6.96. The van der Waals surface area contributed by atoms with Crippen molar-refractivity contribution in [2.45, 2.75) is 63.2 Å². The van der Waals surface area contributed by atoms with Crippen LogP contribution in [0.3, 0.4) is 0 Å². The van der Waals surface area contributed by atoms with Crippen molar-refractivity contribution in [1.82, 2.24) is 15.0 Å². The molecule has 1 spiro atoms. The minimum Gasteiger partial charge on any atom is -0.387 e. The van der Waals surface area contributed by atoms with Crippen LogP contribution in [-0.2, 0) is 4.74 Å². The van der Waals surface area contributed by atoms with Crippen LogP contribution in [-0.4, -0.2) is 32.3 Å². The van der Waals surface area contributed by atoms with Crippen LogP contribution in [0, 0.1) is 0 Å². The van der Waals surface area contributed by atoms with E-state index in [0.717, 1.165) is 19.4 Å². The molecule has 1 aliphatic carbocycles. The highest BCUT2D eigenvalue weighted by Gasteiger charge is 2.43. The van der Waals surface area contributed by atoms with E-state index in [1.807, 2.05) is 17.8 Å². The highest BCUT2D eigenvalue weighted by Crippen LogP contribution is 2.45. The molecule has 5 heteroatoms. The summed E-state index contributed by atoms with van der Waals surface area (Å²) in [6, 6.07) is 0.379. The van der Waals surface area contributed by atoms with Gasteiger partial charge in [-0.3, -0.25) is 0 Å². The third-order valence-electron chi connectivity index (χ3n) is 4.36. The van der Waals surface area contributed by atoms with Crippen LogP contribution in [0.25, 0.3) is 0 Å². The minimum atomic E-state index is -0.490. The first-order chi connectivity index (χ1) is 8.72. The second-order valence-electron chi connectivity index (χ2n) is 5.58. The van der Waals surface area contributed by atoms with Gasteiger partial charge in [0.1, 0.15) is 5.69 Å². The summed E-state index contributed by atoms with van der Waals surface area (Å²) in [7, 11) is 0.